The predicted octanol–water partition coefficient (Wildman–Crippen LogP) is 5.52. The van der Waals surface area contributed by atoms with Crippen molar-refractivity contribution in [2.45, 2.75) is 65.6 Å². The van der Waals surface area contributed by atoms with Crippen LogP contribution in [0.3, 0.4) is 0 Å². The molecule has 0 saturated carbocycles. The van der Waals surface area contributed by atoms with Gasteiger partial charge in [0.1, 0.15) is 11.2 Å². The second-order valence-corrected chi connectivity index (χ2v) is 8.56. The van der Waals surface area contributed by atoms with Gasteiger partial charge >= 0.3 is 11.9 Å². The maximum atomic E-state index is 12.2. The quantitative estimate of drug-likeness (QED) is 0.398. The molecule has 0 amide bonds. The lowest BCUT2D eigenvalue weighted by Gasteiger charge is -2.28. The van der Waals surface area contributed by atoms with Crippen molar-refractivity contribution in [1.82, 2.24) is 0 Å². The zero-order valence-electron chi connectivity index (χ0n) is 18.5. The van der Waals surface area contributed by atoms with Gasteiger partial charge in [0, 0.05) is 0 Å². The zero-order valence-corrected chi connectivity index (χ0v) is 18.5. The highest BCUT2D eigenvalue weighted by molar-refractivity contribution is 5.91. The highest BCUT2D eigenvalue weighted by Gasteiger charge is 2.30. The molecule has 2 aromatic carbocycles. The minimum Gasteiger partial charge on any atom is -0.292 e. The van der Waals surface area contributed by atoms with Crippen LogP contribution in [-0.2, 0) is 19.6 Å². The fraction of sp³-hybridized carbons (Fsp3) is 0.417. The van der Waals surface area contributed by atoms with E-state index in [1.54, 1.807) is 24.3 Å². The monoisotopic (exact) mass is 414 g/mol. The summed E-state index contributed by atoms with van der Waals surface area (Å²) in [4.78, 5) is 45.3. The van der Waals surface area contributed by atoms with E-state index in [9.17, 15) is 9.59 Å². The first-order valence-electron chi connectivity index (χ1n) is 9.92. The van der Waals surface area contributed by atoms with Gasteiger partial charge in [0.05, 0.1) is 11.1 Å². The van der Waals surface area contributed by atoms with Gasteiger partial charge < -0.3 is 0 Å². The Labute approximate surface area is 178 Å². The fourth-order valence-electron chi connectivity index (χ4n) is 2.68. The lowest BCUT2D eigenvalue weighted by Crippen LogP contribution is -2.33. The van der Waals surface area contributed by atoms with Gasteiger partial charge in [-0.2, -0.15) is 9.78 Å². The van der Waals surface area contributed by atoms with E-state index in [4.69, 9.17) is 19.6 Å². The molecule has 0 fully saturated rings. The van der Waals surface area contributed by atoms with E-state index >= 15 is 0 Å². The summed E-state index contributed by atoms with van der Waals surface area (Å²) >= 11 is 0. The Hall–Kier alpha value is -2.70. The van der Waals surface area contributed by atoms with Crippen LogP contribution in [-0.4, -0.2) is 23.1 Å². The van der Waals surface area contributed by atoms with Crippen molar-refractivity contribution in [3.8, 4) is 0 Å². The maximum Gasteiger partial charge on any atom is 0.373 e. The Morgan fingerprint density at radius 3 is 1.33 bits per heavy atom. The molecule has 0 N–H and O–H groups in total. The Kier molecular flexibility index (Phi) is 7.76. The van der Waals surface area contributed by atoms with Crippen molar-refractivity contribution in [1.29, 1.82) is 0 Å². The van der Waals surface area contributed by atoms with Crippen molar-refractivity contribution >= 4 is 11.9 Å². The van der Waals surface area contributed by atoms with Crippen LogP contribution in [0.1, 0.15) is 72.4 Å². The summed E-state index contributed by atoms with van der Waals surface area (Å²) in [5, 5.41) is 0. The van der Waals surface area contributed by atoms with Gasteiger partial charge in [0.15, 0.2) is 0 Å². The summed E-state index contributed by atoms with van der Waals surface area (Å²) in [6.45, 7) is 10.9. The number of hydrogen-bond acceptors (Lipinski definition) is 6. The van der Waals surface area contributed by atoms with E-state index in [0.29, 0.717) is 24.0 Å². The number of rotatable bonds is 9. The number of aryl methyl sites for hydroxylation is 2. The highest BCUT2D eigenvalue weighted by Crippen LogP contribution is 2.26. The molecule has 0 aromatic heterocycles. The van der Waals surface area contributed by atoms with Gasteiger partial charge in [-0.05, 0) is 77.6 Å². The Bertz CT molecular complexity index is 811. The van der Waals surface area contributed by atoms with Gasteiger partial charge in [-0.1, -0.05) is 36.4 Å². The van der Waals surface area contributed by atoms with E-state index in [1.807, 2.05) is 65.8 Å². The summed E-state index contributed by atoms with van der Waals surface area (Å²) in [7, 11) is 0. The first-order chi connectivity index (χ1) is 14.0. The molecule has 0 aliphatic heterocycles. The molecule has 30 heavy (non-hydrogen) atoms. The van der Waals surface area contributed by atoms with Crippen molar-refractivity contribution in [3.63, 3.8) is 0 Å². The first kappa shape index (κ1) is 23.6. The van der Waals surface area contributed by atoms with Crippen LogP contribution in [0.4, 0.5) is 0 Å². The van der Waals surface area contributed by atoms with Gasteiger partial charge in [-0.25, -0.2) is 9.59 Å². The summed E-state index contributed by atoms with van der Waals surface area (Å²) < 4.78 is 0. The van der Waals surface area contributed by atoms with Gasteiger partial charge in [-0.3, -0.25) is 9.78 Å². The number of hydrogen-bond donors (Lipinski definition) is 0. The summed E-state index contributed by atoms with van der Waals surface area (Å²) in [5.74, 6) is -1.08. The lowest BCUT2D eigenvalue weighted by molar-refractivity contribution is -0.325. The van der Waals surface area contributed by atoms with Crippen LogP contribution in [0.15, 0.2) is 48.5 Å². The molecule has 0 aliphatic carbocycles. The number of carbonyl (C=O) groups is 2. The molecule has 6 heteroatoms. The zero-order chi connectivity index (χ0) is 22.4. The lowest BCUT2D eigenvalue weighted by atomic mass is 9.94. The highest BCUT2D eigenvalue weighted by atomic mass is 17.2. The second-order valence-electron chi connectivity index (χ2n) is 8.56. The molecule has 0 aliphatic rings. The largest absolute Gasteiger partial charge is 0.373 e. The maximum absolute atomic E-state index is 12.2. The molecular weight excluding hydrogens is 384 g/mol. The normalized spacial score (nSPS) is 11.8. The molecule has 0 atom stereocenters. The first-order valence-corrected chi connectivity index (χ1v) is 9.92. The third-order valence-electron chi connectivity index (χ3n) is 4.74. The van der Waals surface area contributed by atoms with E-state index < -0.39 is 23.1 Å². The summed E-state index contributed by atoms with van der Waals surface area (Å²) in [5.41, 5.74) is 1.04. The number of carbonyl (C=O) groups excluding carboxylic acids is 2. The Balaban J connectivity index is 1.83. The third kappa shape index (κ3) is 6.97. The molecule has 6 nitrogen and oxygen atoms in total. The molecule has 0 spiro atoms. The van der Waals surface area contributed by atoms with Crippen molar-refractivity contribution in [2.75, 3.05) is 0 Å². The summed E-state index contributed by atoms with van der Waals surface area (Å²) in [6.07, 6.45) is 1.01. The Morgan fingerprint density at radius 1 is 0.667 bits per heavy atom. The van der Waals surface area contributed by atoms with Crippen LogP contribution in [0.25, 0.3) is 0 Å². The summed E-state index contributed by atoms with van der Waals surface area (Å²) in [6, 6.07) is 14.3. The van der Waals surface area contributed by atoms with E-state index in [2.05, 4.69) is 0 Å². The molecule has 0 heterocycles. The minimum atomic E-state index is -0.751. The van der Waals surface area contributed by atoms with Gasteiger partial charge in [0.25, 0.3) is 0 Å². The molecular formula is C24H30O6. The SMILES string of the molecule is Cc1ccccc1C(=O)OOC(C)(C)CCC(C)(C)OOC(=O)c1ccccc1C. The van der Waals surface area contributed by atoms with Gasteiger partial charge in [0.2, 0.25) is 0 Å². The molecule has 2 rings (SSSR count). The van der Waals surface area contributed by atoms with Crippen LogP contribution in [0.5, 0.6) is 0 Å². The van der Waals surface area contributed by atoms with Crippen molar-refractivity contribution in [3.05, 3.63) is 70.8 Å². The molecule has 0 saturated heterocycles. The molecule has 162 valence electrons. The van der Waals surface area contributed by atoms with E-state index in [0.717, 1.165) is 11.1 Å². The van der Waals surface area contributed by atoms with Crippen LogP contribution in [0, 0.1) is 13.8 Å². The van der Waals surface area contributed by atoms with E-state index in [-0.39, 0.29) is 0 Å². The van der Waals surface area contributed by atoms with Crippen molar-refractivity contribution < 1.29 is 29.1 Å². The van der Waals surface area contributed by atoms with Crippen LogP contribution < -0.4 is 0 Å². The standard InChI is InChI=1S/C24H30O6/c1-17-11-7-9-13-19(17)21(25)27-29-23(3,4)15-16-24(5,6)30-28-22(26)20-14-10-8-12-18(20)2/h7-14H,15-16H2,1-6H3. The topological polar surface area (TPSA) is 71.1 Å². The average molecular weight is 414 g/mol. The van der Waals surface area contributed by atoms with Crippen molar-refractivity contribution in [2.24, 2.45) is 0 Å². The Morgan fingerprint density at radius 2 is 1.00 bits per heavy atom. The second kappa shape index (κ2) is 9.87. The smallest absolute Gasteiger partial charge is 0.292 e. The predicted molar refractivity (Wildman–Crippen MR) is 113 cm³/mol. The molecule has 0 bridgehead atoms. The van der Waals surface area contributed by atoms with Crippen LogP contribution in [0.2, 0.25) is 0 Å². The fourth-order valence-corrected chi connectivity index (χ4v) is 2.68. The molecule has 0 radical (unpaired) electrons. The number of benzene rings is 2. The average Bonchev–Trinajstić information content (AvgIpc) is 2.70. The molecule has 2 aromatic rings. The minimum absolute atomic E-state index is 0.458. The van der Waals surface area contributed by atoms with Crippen LogP contribution >= 0.6 is 0 Å². The third-order valence-corrected chi connectivity index (χ3v) is 4.74. The van der Waals surface area contributed by atoms with Gasteiger partial charge in [-0.15, -0.1) is 0 Å². The molecule has 0 unspecified atom stereocenters. The van der Waals surface area contributed by atoms with E-state index in [1.165, 1.54) is 0 Å².